The van der Waals surface area contributed by atoms with Gasteiger partial charge in [-0.2, -0.15) is 5.10 Å². The Morgan fingerprint density at radius 1 is 0.967 bits per heavy atom. The molecule has 4 rings (SSSR count). The molecular formula is C23H18N4O3. The number of nitrogens with one attached hydrogen (secondary N) is 2. The smallest absolute Gasteiger partial charge is 0.276 e. The van der Waals surface area contributed by atoms with Gasteiger partial charge >= 0.3 is 0 Å². The largest absolute Gasteiger partial charge is 0.497 e. The van der Waals surface area contributed by atoms with Crippen LogP contribution in [0.4, 0.5) is 5.69 Å². The molecule has 0 amide bonds. The van der Waals surface area contributed by atoms with E-state index < -0.39 is 11.3 Å². The minimum Gasteiger partial charge on any atom is -0.497 e. The van der Waals surface area contributed by atoms with Gasteiger partial charge in [-0.3, -0.25) is 15.0 Å². The van der Waals surface area contributed by atoms with Crippen molar-refractivity contribution in [2.45, 2.75) is 0 Å². The summed E-state index contributed by atoms with van der Waals surface area (Å²) in [5.41, 5.74) is 4.38. The number of aromatic nitrogens is 2. The molecule has 0 unspecified atom stereocenters. The summed E-state index contributed by atoms with van der Waals surface area (Å²) in [5.74, 6) is 0.184. The van der Waals surface area contributed by atoms with Crippen molar-refractivity contribution in [1.82, 2.24) is 9.97 Å². The number of hydrazone groups is 1. The molecule has 0 aliphatic heterocycles. The molecule has 0 bridgehead atoms. The molecule has 0 saturated heterocycles. The average Bonchev–Trinajstić information content (AvgIpc) is 2.80. The number of carbonyl (C=O) groups is 1. The van der Waals surface area contributed by atoms with E-state index in [1.165, 1.54) is 0 Å². The fourth-order valence-electron chi connectivity index (χ4n) is 2.91. The number of nitrogens with zero attached hydrogens (tertiary/aromatic N) is 2. The summed E-state index contributed by atoms with van der Waals surface area (Å²) >= 11 is 0. The molecule has 7 nitrogen and oxygen atoms in total. The number of H-pyrrole nitrogens is 1. The maximum atomic E-state index is 13.3. The third kappa shape index (κ3) is 3.95. The van der Waals surface area contributed by atoms with Crippen LogP contribution in [0.15, 0.2) is 88.8 Å². The molecule has 3 aromatic carbocycles. The summed E-state index contributed by atoms with van der Waals surface area (Å²) in [5, 5.41) is 4.25. The lowest BCUT2D eigenvalue weighted by Gasteiger charge is -2.08. The predicted molar refractivity (Wildman–Crippen MR) is 116 cm³/mol. The Bertz CT molecular complexity index is 1280. The van der Waals surface area contributed by atoms with E-state index in [0.29, 0.717) is 28.0 Å². The van der Waals surface area contributed by atoms with Gasteiger partial charge in [0.2, 0.25) is 5.78 Å². The number of ether oxygens (including phenoxy) is 1. The minimum atomic E-state index is -0.496. The molecule has 7 heteroatoms. The average molecular weight is 398 g/mol. The van der Waals surface area contributed by atoms with Crippen LogP contribution < -0.4 is 15.7 Å². The number of ketones is 1. The number of hydrogen-bond acceptors (Lipinski definition) is 6. The molecule has 1 aromatic heterocycles. The highest BCUT2D eigenvalue weighted by Crippen LogP contribution is 2.15. The Morgan fingerprint density at radius 2 is 1.67 bits per heavy atom. The zero-order valence-electron chi connectivity index (χ0n) is 16.1. The van der Waals surface area contributed by atoms with Crippen LogP contribution in [-0.4, -0.2) is 28.6 Å². The van der Waals surface area contributed by atoms with Crippen molar-refractivity contribution in [2.75, 3.05) is 12.5 Å². The van der Waals surface area contributed by atoms with Crippen molar-refractivity contribution < 1.29 is 9.53 Å². The van der Waals surface area contributed by atoms with Gasteiger partial charge in [0.1, 0.15) is 5.75 Å². The number of aromatic amines is 1. The summed E-state index contributed by atoms with van der Waals surface area (Å²) in [6.07, 6.45) is 0. The van der Waals surface area contributed by atoms with Crippen LogP contribution >= 0.6 is 0 Å². The first kappa shape index (κ1) is 19.1. The Kier molecular flexibility index (Phi) is 5.34. The Balaban J connectivity index is 1.81. The standard InChI is InChI=1S/C23H18N4O3/c1-30-17-13-11-15(12-14-17)22(28)20(27-26-16-7-3-2-4-8-16)21-23(29)25-19-10-6-5-9-18(19)24-21/h2-14,26H,1H3,(H,25,29)/b27-20-. The van der Waals surface area contributed by atoms with E-state index in [-0.39, 0.29) is 11.4 Å². The lowest BCUT2D eigenvalue weighted by Crippen LogP contribution is -2.27. The Labute approximate surface area is 172 Å². The molecule has 4 aromatic rings. The quantitative estimate of drug-likeness (QED) is 0.294. The van der Waals surface area contributed by atoms with Gasteiger partial charge in [0, 0.05) is 5.56 Å². The van der Waals surface area contributed by atoms with Crippen LogP contribution in [0.1, 0.15) is 16.1 Å². The second-order valence-electron chi connectivity index (χ2n) is 6.43. The number of carbonyl (C=O) groups excluding carboxylic acids is 1. The summed E-state index contributed by atoms with van der Waals surface area (Å²) in [4.78, 5) is 33.1. The number of methoxy groups -OCH3 is 1. The molecule has 148 valence electrons. The number of hydrogen-bond donors (Lipinski definition) is 2. The number of rotatable bonds is 6. The van der Waals surface area contributed by atoms with Crippen LogP contribution in [0.3, 0.4) is 0 Å². The maximum absolute atomic E-state index is 13.3. The van der Waals surface area contributed by atoms with E-state index in [0.717, 1.165) is 0 Å². The summed E-state index contributed by atoms with van der Waals surface area (Å²) in [6, 6.07) is 22.8. The van der Waals surface area contributed by atoms with Gasteiger partial charge in [-0.15, -0.1) is 0 Å². The zero-order valence-corrected chi connectivity index (χ0v) is 16.1. The first-order chi connectivity index (χ1) is 14.7. The van der Waals surface area contributed by atoms with E-state index >= 15 is 0 Å². The van der Waals surface area contributed by atoms with Crippen molar-refractivity contribution in [1.29, 1.82) is 0 Å². The molecule has 1 heterocycles. The van der Waals surface area contributed by atoms with Crippen molar-refractivity contribution in [3.63, 3.8) is 0 Å². The van der Waals surface area contributed by atoms with Gasteiger partial charge in [0.25, 0.3) is 5.56 Å². The number of anilines is 1. The topological polar surface area (TPSA) is 96.4 Å². The van der Waals surface area contributed by atoms with Gasteiger partial charge in [0.15, 0.2) is 11.4 Å². The Morgan fingerprint density at radius 3 is 2.40 bits per heavy atom. The molecule has 0 atom stereocenters. The molecule has 0 aliphatic carbocycles. The lowest BCUT2D eigenvalue weighted by molar-refractivity contribution is 0.106. The zero-order chi connectivity index (χ0) is 20.9. The first-order valence-corrected chi connectivity index (χ1v) is 9.22. The van der Waals surface area contributed by atoms with E-state index in [2.05, 4.69) is 20.5 Å². The summed E-state index contributed by atoms with van der Waals surface area (Å²) in [7, 11) is 1.55. The van der Waals surface area contributed by atoms with E-state index in [9.17, 15) is 9.59 Å². The van der Waals surface area contributed by atoms with Crippen molar-refractivity contribution >= 4 is 28.2 Å². The van der Waals surface area contributed by atoms with Gasteiger partial charge < -0.3 is 9.72 Å². The highest BCUT2D eigenvalue weighted by Gasteiger charge is 2.22. The van der Waals surface area contributed by atoms with Gasteiger partial charge in [-0.05, 0) is 48.5 Å². The minimum absolute atomic E-state index is 0.0575. The van der Waals surface area contributed by atoms with Gasteiger partial charge in [-0.25, -0.2) is 4.98 Å². The van der Waals surface area contributed by atoms with Crippen molar-refractivity contribution in [2.24, 2.45) is 5.10 Å². The molecule has 30 heavy (non-hydrogen) atoms. The van der Waals surface area contributed by atoms with Crippen LogP contribution in [0, 0.1) is 0 Å². The third-order valence-corrected chi connectivity index (χ3v) is 4.46. The molecule has 0 saturated carbocycles. The SMILES string of the molecule is COc1ccc(C(=O)/C(=N\Nc2ccccc2)c2nc3ccccc3[nH]c2=O)cc1. The highest BCUT2D eigenvalue weighted by molar-refractivity contribution is 6.51. The second kappa shape index (κ2) is 8.40. The third-order valence-electron chi connectivity index (χ3n) is 4.46. The molecule has 0 spiro atoms. The van der Waals surface area contributed by atoms with Crippen molar-refractivity contribution in [3.05, 3.63) is 100 Å². The van der Waals surface area contributed by atoms with Crippen LogP contribution in [-0.2, 0) is 0 Å². The van der Waals surface area contributed by atoms with Crippen LogP contribution in [0.5, 0.6) is 5.75 Å². The van der Waals surface area contributed by atoms with Crippen LogP contribution in [0.25, 0.3) is 11.0 Å². The fraction of sp³-hybridized carbons (Fsp3) is 0.0435. The van der Waals surface area contributed by atoms with E-state index in [1.54, 1.807) is 61.7 Å². The molecule has 0 radical (unpaired) electrons. The first-order valence-electron chi connectivity index (χ1n) is 9.22. The van der Waals surface area contributed by atoms with Crippen molar-refractivity contribution in [3.8, 4) is 5.75 Å². The Hall–Kier alpha value is -4.26. The molecular weight excluding hydrogens is 380 g/mol. The fourth-order valence-corrected chi connectivity index (χ4v) is 2.91. The second-order valence-corrected chi connectivity index (χ2v) is 6.43. The number of Topliss-reactive ketones (excluding diaryl/α,β-unsaturated/α-hetero) is 1. The van der Waals surface area contributed by atoms with E-state index in [4.69, 9.17) is 4.74 Å². The number of benzene rings is 3. The molecule has 0 fully saturated rings. The monoisotopic (exact) mass is 398 g/mol. The summed E-state index contributed by atoms with van der Waals surface area (Å²) < 4.78 is 5.15. The van der Waals surface area contributed by atoms with Gasteiger partial charge in [0.05, 0.1) is 23.8 Å². The molecule has 2 N–H and O–H groups in total. The maximum Gasteiger partial charge on any atom is 0.276 e. The summed E-state index contributed by atoms with van der Waals surface area (Å²) in [6.45, 7) is 0. The number of fused-ring (bicyclic) bond motifs is 1. The van der Waals surface area contributed by atoms with Crippen LogP contribution in [0.2, 0.25) is 0 Å². The predicted octanol–water partition coefficient (Wildman–Crippen LogP) is 3.63. The number of para-hydroxylation sites is 3. The highest BCUT2D eigenvalue weighted by atomic mass is 16.5. The van der Waals surface area contributed by atoms with Gasteiger partial charge in [-0.1, -0.05) is 30.3 Å². The molecule has 0 aliphatic rings. The lowest BCUT2D eigenvalue weighted by atomic mass is 10.0. The van der Waals surface area contributed by atoms with E-state index in [1.807, 2.05) is 24.3 Å². The normalized spacial score (nSPS) is 11.3.